The molecule has 156 valence electrons. The third-order valence-corrected chi connectivity index (χ3v) is 5.40. The van der Waals surface area contributed by atoms with E-state index in [4.69, 9.17) is 4.98 Å². The Morgan fingerprint density at radius 3 is 2.52 bits per heavy atom. The zero-order valence-electron chi connectivity index (χ0n) is 17.6. The Kier molecular flexibility index (Phi) is 7.31. The molecule has 1 aliphatic heterocycles. The van der Waals surface area contributed by atoms with Crippen LogP contribution in [0.2, 0.25) is 0 Å². The highest BCUT2D eigenvalue weighted by molar-refractivity contribution is 5.82. The third kappa shape index (κ3) is 5.60. The molecular weight excluding hydrogens is 367 g/mol. The smallest absolute Gasteiger partial charge is 0.239 e. The predicted octanol–water partition coefficient (Wildman–Crippen LogP) is 4.16. The normalized spacial score (nSPS) is 16.2. The van der Waals surface area contributed by atoms with Crippen molar-refractivity contribution in [2.75, 3.05) is 13.1 Å². The summed E-state index contributed by atoms with van der Waals surface area (Å²) >= 11 is 0. The van der Waals surface area contributed by atoms with E-state index in [1.807, 2.05) is 11.0 Å². The zero-order valence-corrected chi connectivity index (χ0v) is 17.6. The number of piperidine rings is 1. The van der Waals surface area contributed by atoms with E-state index in [0.717, 1.165) is 55.9 Å². The molecule has 1 aromatic heterocycles. The SMILES string of the molecule is CCCC(NC(C)C)C(=O)N1CCC(c2nccc(-c3ccc(F)cc3)n2)CC1. The predicted molar refractivity (Wildman–Crippen MR) is 113 cm³/mol. The zero-order chi connectivity index (χ0) is 20.8. The van der Waals surface area contributed by atoms with Crippen LogP contribution in [0.25, 0.3) is 11.3 Å². The van der Waals surface area contributed by atoms with Crippen molar-refractivity contribution >= 4 is 5.91 Å². The first kappa shape index (κ1) is 21.4. The molecule has 1 aromatic carbocycles. The summed E-state index contributed by atoms with van der Waals surface area (Å²) in [4.78, 5) is 24.1. The molecule has 1 N–H and O–H groups in total. The Morgan fingerprint density at radius 2 is 1.90 bits per heavy atom. The van der Waals surface area contributed by atoms with Crippen molar-refractivity contribution in [1.29, 1.82) is 0 Å². The third-order valence-electron chi connectivity index (χ3n) is 5.40. The molecule has 0 bridgehead atoms. The topological polar surface area (TPSA) is 58.1 Å². The molecule has 1 fully saturated rings. The van der Waals surface area contributed by atoms with Crippen LogP contribution >= 0.6 is 0 Å². The number of amides is 1. The van der Waals surface area contributed by atoms with Crippen LogP contribution in [-0.4, -0.2) is 45.9 Å². The van der Waals surface area contributed by atoms with Gasteiger partial charge in [0.05, 0.1) is 11.7 Å². The molecule has 5 nitrogen and oxygen atoms in total. The molecule has 1 amide bonds. The van der Waals surface area contributed by atoms with E-state index in [1.165, 1.54) is 12.1 Å². The second-order valence-electron chi connectivity index (χ2n) is 8.07. The maximum absolute atomic E-state index is 13.2. The number of benzene rings is 1. The second-order valence-corrected chi connectivity index (χ2v) is 8.07. The van der Waals surface area contributed by atoms with Crippen molar-refractivity contribution in [3.8, 4) is 11.3 Å². The summed E-state index contributed by atoms with van der Waals surface area (Å²) in [6.07, 6.45) is 5.33. The standard InChI is InChI=1S/C23H31FN4O/c1-4-5-21(26-16(2)3)23(29)28-14-11-18(12-15-28)22-25-13-10-20(27-22)17-6-8-19(24)9-7-17/h6-10,13,16,18,21,26H,4-5,11-12,14-15H2,1-3H3. The van der Waals surface area contributed by atoms with Gasteiger partial charge in [-0.2, -0.15) is 0 Å². The van der Waals surface area contributed by atoms with Gasteiger partial charge in [-0.3, -0.25) is 4.79 Å². The van der Waals surface area contributed by atoms with Gasteiger partial charge in [0.1, 0.15) is 11.6 Å². The summed E-state index contributed by atoms with van der Waals surface area (Å²) < 4.78 is 13.2. The Balaban J connectivity index is 1.64. The lowest BCUT2D eigenvalue weighted by atomic mass is 9.95. The van der Waals surface area contributed by atoms with Crippen LogP contribution < -0.4 is 5.32 Å². The van der Waals surface area contributed by atoms with E-state index >= 15 is 0 Å². The van der Waals surface area contributed by atoms with Crippen molar-refractivity contribution in [2.45, 2.75) is 64.5 Å². The summed E-state index contributed by atoms with van der Waals surface area (Å²) in [7, 11) is 0. The van der Waals surface area contributed by atoms with E-state index in [0.29, 0.717) is 0 Å². The van der Waals surface area contributed by atoms with Gasteiger partial charge in [-0.05, 0) is 49.6 Å². The summed E-state index contributed by atoms with van der Waals surface area (Å²) in [5, 5.41) is 3.41. The fourth-order valence-corrected chi connectivity index (χ4v) is 3.90. The summed E-state index contributed by atoms with van der Waals surface area (Å²) in [6.45, 7) is 7.72. The van der Waals surface area contributed by atoms with Gasteiger partial charge in [0.25, 0.3) is 0 Å². The van der Waals surface area contributed by atoms with Gasteiger partial charge < -0.3 is 10.2 Å². The van der Waals surface area contributed by atoms with Crippen molar-refractivity contribution in [3.05, 3.63) is 48.2 Å². The second kappa shape index (κ2) is 9.92. The largest absolute Gasteiger partial charge is 0.341 e. The first-order valence-corrected chi connectivity index (χ1v) is 10.6. The van der Waals surface area contributed by atoms with E-state index in [1.54, 1.807) is 18.3 Å². The van der Waals surface area contributed by atoms with Gasteiger partial charge in [0.2, 0.25) is 5.91 Å². The number of halogens is 1. The summed E-state index contributed by atoms with van der Waals surface area (Å²) in [5.41, 5.74) is 1.68. The number of aromatic nitrogens is 2. The quantitative estimate of drug-likeness (QED) is 0.761. The summed E-state index contributed by atoms with van der Waals surface area (Å²) in [6, 6.07) is 8.39. The maximum Gasteiger partial charge on any atom is 0.239 e. The number of likely N-dealkylation sites (tertiary alicyclic amines) is 1. The van der Waals surface area contributed by atoms with Crippen molar-refractivity contribution in [1.82, 2.24) is 20.2 Å². The molecule has 2 heterocycles. The highest BCUT2D eigenvalue weighted by Gasteiger charge is 2.29. The van der Waals surface area contributed by atoms with Gasteiger partial charge in [-0.1, -0.05) is 27.2 Å². The lowest BCUT2D eigenvalue weighted by molar-refractivity contribution is -0.135. The highest BCUT2D eigenvalue weighted by atomic mass is 19.1. The minimum atomic E-state index is -0.256. The number of carbonyl (C=O) groups is 1. The van der Waals surface area contributed by atoms with Gasteiger partial charge in [0, 0.05) is 36.8 Å². The molecule has 1 unspecified atom stereocenters. The van der Waals surface area contributed by atoms with E-state index < -0.39 is 0 Å². The maximum atomic E-state index is 13.2. The van der Waals surface area contributed by atoms with E-state index in [9.17, 15) is 9.18 Å². The Morgan fingerprint density at radius 1 is 1.21 bits per heavy atom. The van der Waals surface area contributed by atoms with Crippen LogP contribution in [0.3, 0.4) is 0 Å². The number of carbonyl (C=O) groups excluding carboxylic acids is 1. The first-order chi connectivity index (χ1) is 14.0. The summed E-state index contributed by atoms with van der Waals surface area (Å²) in [5.74, 6) is 1.000. The molecular formula is C23H31FN4O. The van der Waals surface area contributed by atoms with Crippen LogP contribution in [0.4, 0.5) is 4.39 Å². The van der Waals surface area contributed by atoms with Crippen molar-refractivity contribution in [3.63, 3.8) is 0 Å². The van der Waals surface area contributed by atoms with Crippen LogP contribution in [0.15, 0.2) is 36.5 Å². The number of nitrogens with zero attached hydrogens (tertiary/aromatic N) is 3. The van der Waals surface area contributed by atoms with Gasteiger partial charge >= 0.3 is 0 Å². The highest BCUT2D eigenvalue weighted by Crippen LogP contribution is 2.27. The van der Waals surface area contributed by atoms with Crippen LogP contribution in [-0.2, 0) is 4.79 Å². The number of rotatable bonds is 7. The monoisotopic (exact) mass is 398 g/mol. The molecule has 0 spiro atoms. The Bertz CT molecular complexity index is 801. The fourth-order valence-electron chi connectivity index (χ4n) is 3.90. The van der Waals surface area contributed by atoms with Gasteiger partial charge in [-0.15, -0.1) is 0 Å². The van der Waals surface area contributed by atoms with Gasteiger partial charge in [-0.25, -0.2) is 14.4 Å². The number of hydrogen-bond acceptors (Lipinski definition) is 4. The van der Waals surface area contributed by atoms with Crippen LogP contribution in [0.1, 0.15) is 58.2 Å². The molecule has 0 aliphatic carbocycles. The van der Waals surface area contributed by atoms with Crippen LogP contribution in [0, 0.1) is 5.82 Å². The van der Waals surface area contributed by atoms with Crippen molar-refractivity contribution < 1.29 is 9.18 Å². The molecule has 1 aliphatic rings. The molecule has 0 saturated carbocycles. The average molecular weight is 399 g/mol. The number of nitrogens with one attached hydrogen (secondary N) is 1. The fraction of sp³-hybridized carbons (Fsp3) is 0.522. The Hall–Kier alpha value is -2.34. The van der Waals surface area contributed by atoms with E-state index in [-0.39, 0.29) is 29.7 Å². The Labute approximate surface area is 172 Å². The van der Waals surface area contributed by atoms with Gasteiger partial charge in [0.15, 0.2) is 0 Å². The molecule has 3 rings (SSSR count). The number of hydrogen-bond donors (Lipinski definition) is 1. The molecule has 1 atom stereocenters. The minimum absolute atomic E-state index is 0.102. The average Bonchev–Trinajstić information content (AvgIpc) is 2.73. The molecule has 0 radical (unpaired) electrons. The van der Waals surface area contributed by atoms with Crippen LogP contribution in [0.5, 0.6) is 0 Å². The van der Waals surface area contributed by atoms with Crippen molar-refractivity contribution in [2.24, 2.45) is 0 Å². The lowest BCUT2D eigenvalue weighted by Crippen LogP contribution is -2.50. The molecule has 6 heteroatoms. The van der Waals surface area contributed by atoms with E-state index in [2.05, 4.69) is 31.1 Å². The molecule has 2 aromatic rings. The first-order valence-electron chi connectivity index (χ1n) is 10.6. The molecule has 1 saturated heterocycles. The lowest BCUT2D eigenvalue weighted by Gasteiger charge is -2.34. The molecule has 29 heavy (non-hydrogen) atoms. The minimum Gasteiger partial charge on any atom is -0.341 e.